The van der Waals surface area contributed by atoms with Crippen LogP contribution in [0.1, 0.15) is 19.5 Å². The predicted molar refractivity (Wildman–Crippen MR) is 67.4 cm³/mol. The average molecular weight is 211 g/mol. The molecular weight excluding hydrogens is 194 g/mol. The first-order valence-corrected chi connectivity index (χ1v) is 5.89. The maximum Gasteiger partial charge on any atom is 0.0277 e. The molecule has 0 atom stereocenters. The van der Waals surface area contributed by atoms with Gasteiger partial charge in [-0.2, -0.15) is 0 Å². The second-order valence-corrected chi connectivity index (χ2v) is 5.51. The molecule has 0 saturated carbocycles. The van der Waals surface area contributed by atoms with Gasteiger partial charge in [0.05, 0.1) is 0 Å². The molecule has 1 nitrogen and oxygen atoms in total. The monoisotopic (exact) mass is 211 g/mol. The van der Waals surface area contributed by atoms with Crippen LogP contribution in [-0.2, 0) is 13.0 Å². The Balaban J connectivity index is 2.07. The molecule has 1 aliphatic rings. The summed E-state index contributed by atoms with van der Waals surface area (Å²) < 4.78 is 2.41. The van der Waals surface area contributed by atoms with E-state index in [4.69, 9.17) is 0 Å². The highest BCUT2D eigenvalue weighted by Crippen LogP contribution is 2.37. The quantitative estimate of drug-likeness (QED) is 0.677. The molecule has 1 aliphatic heterocycles. The molecule has 1 heteroatoms. The van der Waals surface area contributed by atoms with Gasteiger partial charge in [-0.25, -0.2) is 0 Å². The fourth-order valence-electron chi connectivity index (χ4n) is 2.70. The van der Waals surface area contributed by atoms with Crippen LogP contribution in [0.4, 0.5) is 0 Å². The van der Waals surface area contributed by atoms with Crippen LogP contribution in [0.15, 0.2) is 42.6 Å². The van der Waals surface area contributed by atoms with Crippen LogP contribution in [0.25, 0.3) is 11.1 Å². The zero-order valence-electron chi connectivity index (χ0n) is 9.90. The number of hydrogen-bond donors (Lipinski definition) is 0. The van der Waals surface area contributed by atoms with Crippen molar-refractivity contribution in [2.24, 2.45) is 5.41 Å². The van der Waals surface area contributed by atoms with E-state index < -0.39 is 0 Å². The van der Waals surface area contributed by atoms with Gasteiger partial charge in [-0.15, -0.1) is 0 Å². The minimum atomic E-state index is 0.417. The number of hydrogen-bond acceptors (Lipinski definition) is 0. The molecule has 2 heterocycles. The van der Waals surface area contributed by atoms with Gasteiger partial charge in [-0.05, 0) is 23.5 Å². The topological polar surface area (TPSA) is 4.93 Å². The molecule has 0 bridgehead atoms. The summed E-state index contributed by atoms with van der Waals surface area (Å²) in [5.74, 6) is 0. The normalized spacial score (nSPS) is 17.4. The molecule has 0 amide bonds. The van der Waals surface area contributed by atoms with Crippen molar-refractivity contribution in [3.63, 3.8) is 0 Å². The number of aromatic nitrogens is 1. The second kappa shape index (κ2) is 3.24. The summed E-state index contributed by atoms with van der Waals surface area (Å²) in [6.07, 6.45) is 3.41. The van der Waals surface area contributed by atoms with E-state index in [1.54, 1.807) is 0 Å². The molecule has 0 fully saturated rings. The third-order valence-electron chi connectivity index (χ3n) is 3.41. The Morgan fingerprint density at radius 3 is 2.56 bits per heavy atom. The Bertz CT molecular complexity index is 505. The highest BCUT2D eigenvalue weighted by molar-refractivity contribution is 5.67. The standard InChI is InChI=1S/C15H17N/c1-15(2)10-14-13(8-9-16(14)11-15)12-6-4-3-5-7-12/h3-9H,10-11H2,1-2H3. The molecule has 0 aliphatic carbocycles. The first-order chi connectivity index (χ1) is 7.66. The van der Waals surface area contributed by atoms with Gasteiger partial charge in [0.25, 0.3) is 0 Å². The number of rotatable bonds is 1. The molecule has 0 radical (unpaired) electrons. The molecule has 1 aromatic carbocycles. The van der Waals surface area contributed by atoms with Crippen molar-refractivity contribution in [3.8, 4) is 11.1 Å². The summed E-state index contributed by atoms with van der Waals surface area (Å²) in [6.45, 7) is 5.83. The summed E-state index contributed by atoms with van der Waals surface area (Å²) in [4.78, 5) is 0. The molecular formula is C15H17N. The van der Waals surface area contributed by atoms with Crippen LogP contribution < -0.4 is 0 Å². The number of benzene rings is 1. The van der Waals surface area contributed by atoms with E-state index >= 15 is 0 Å². The van der Waals surface area contributed by atoms with Crippen molar-refractivity contribution in [2.45, 2.75) is 26.8 Å². The van der Waals surface area contributed by atoms with Crippen molar-refractivity contribution in [2.75, 3.05) is 0 Å². The summed E-state index contributed by atoms with van der Waals surface area (Å²) in [5.41, 5.74) is 4.66. The first kappa shape index (κ1) is 9.71. The molecule has 0 spiro atoms. The second-order valence-electron chi connectivity index (χ2n) is 5.51. The third-order valence-corrected chi connectivity index (χ3v) is 3.41. The summed E-state index contributed by atoms with van der Waals surface area (Å²) >= 11 is 0. The van der Waals surface area contributed by atoms with Crippen LogP contribution in [0.3, 0.4) is 0 Å². The lowest BCUT2D eigenvalue weighted by molar-refractivity contribution is 0.359. The molecule has 1 aromatic heterocycles. The van der Waals surface area contributed by atoms with Crippen LogP contribution in [-0.4, -0.2) is 4.57 Å². The fraction of sp³-hybridized carbons (Fsp3) is 0.333. The van der Waals surface area contributed by atoms with Gasteiger partial charge in [0.1, 0.15) is 0 Å². The molecule has 16 heavy (non-hydrogen) atoms. The van der Waals surface area contributed by atoms with E-state index in [2.05, 4.69) is 61.0 Å². The average Bonchev–Trinajstić information content (AvgIpc) is 2.74. The maximum absolute atomic E-state index is 2.41. The zero-order valence-corrected chi connectivity index (χ0v) is 9.90. The van der Waals surface area contributed by atoms with Gasteiger partial charge < -0.3 is 4.57 Å². The van der Waals surface area contributed by atoms with Crippen LogP contribution in [0.5, 0.6) is 0 Å². The van der Waals surface area contributed by atoms with E-state index in [1.165, 1.54) is 23.2 Å². The summed E-state index contributed by atoms with van der Waals surface area (Å²) in [6, 6.07) is 12.9. The van der Waals surface area contributed by atoms with Gasteiger partial charge >= 0.3 is 0 Å². The Morgan fingerprint density at radius 2 is 1.81 bits per heavy atom. The van der Waals surface area contributed by atoms with Crippen LogP contribution in [0, 0.1) is 5.41 Å². The minimum absolute atomic E-state index is 0.417. The van der Waals surface area contributed by atoms with Crippen molar-refractivity contribution in [1.82, 2.24) is 4.57 Å². The lowest BCUT2D eigenvalue weighted by Gasteiger charge is -2.15. The van der Waals surface area contributed by atoms with E-state index in [0.717, 1.165) is 6.54 Å². The van der Waals surface area contributed by atoms with Crippen molar-refractivity contribution in [3.05, 3.63) is 48.3 Å². The lowest BCUT2D eigenvalue weighted by Crippen LogP contribution is -2.11. The smallest absolute Gasteiger partial charge is 0.0277 e. The third kappa shape index (κ3) is 1.47. The van der Waals surface area contributed by atoms with Crippen molar-refractivity contribution >= 4 is 0 Å². The summed E-state index contributed by atoms with van der Waals surface area (Å²) in [5, 5.41) is 0. The van der Waals surface area contributed by atoms with E-state index in [-0.39, 0.29) is 0 Å². The number of fused-ring (bicyclic) bond motifs is 1. The van der Waals surface area contributed by atoms with E-state index in [0.29, 0.717) is 5.41 Å². The van der Waals surface area contributed by atoms with Gasteiger partial charge in [0.2, 0.25) is 0 Å². The molecule has 3 rings (SSSR count). The SMILES string of the molecule is CC1(C)Cc2c(-c3ccccc3)ccn2C1. The largest absolute Gasteiger partial charge is 0.350 e. The van der Waals surface area contributed by atoms with E-state index in [9.17, 15) is 0 Å². The first-order valence-electron chi connectivity index (χ1n) is 5.89. The van der Waals surface area contributed by atoms with Gasteiger partial charge in [0, 0.05) is 24.0 Å². The minimum Gasteiger partial charge on any atom is -0.350 e. The van der Waals surface area contributed by atoms with Crippen LogP contribution >= 0.6 is 0 Å². The van der Waals surface area contributed by atoms with Gasteiger partial charge in [-0.3, -0.25) is 0 Å². The molecule has 0 unspecified atom stereocenters. The van der Waals surface area contributed by atoms with Crippen LogP contribution in [0.2, 0.25) is 0 Å². The lowest BCUT2D eigenvalue weighted by atomic mass is 9.89. The summed E-state index contributed by atoms with van der Waals surface area (Å²) in [7, 11) is 0. The van der Waals surface area contributed by atoms with Gasteiger partial charge in [0.15, 0.2) is 0 Å². The van der Waals surface area contributed by atoms with Gasteiger partial charge in [-0.1, -0.05) is 44.2 Å². The maximum atomic E-state index is 2.41. The van der Waals surface area contributed by atoms with E-state index in [1.807, 2.05) is 0 Å². The molecule has 0 saturated heterocycles. The Kier molecular flexibility index (Phi) is 1.97. The molecule has 82 valence electrons. The highest BCUT2D eigenvalue weighted by Gasteiger charge is 2.30. The zero-order chi connectivity index (χ0) is 11.2. The van der Waals surface area contributed by atoms with Crippen molar-refractivity contribution < 1.29 is 0 Å². The fourth-order valence-corrected chi connectivity index (χ4v) is 2.70. The molecule has 2 aromatic rings. The van der Waals surface area contributed by atoms with Crippen molar-refractivity contribution in [1.29, 1.82) is 0 Å². The Morgan fingerprint density at radius 1 is 1.06 bits per heavy atom. The Labute approximate surface area is 96.7 Å². The Hall–Kier alpha value is -1.50. The highest BCUT2D eigenvalue weighted by atomic mass is 15.0. The number of nitrogens with zero attached hydrogens (tertiary/aromatic N) is 1. The predicted octanol–water partition coefficient (Wildman–Crippen LogP) is 3.74. The molecule has 0 N–H and O–H groups in total.